The molecule has 0 bridgehead atoms. The molecule has 6 nitrogen and oxygen atoms in total. The van der Waals surface area contributed by atoms with Crippen molar-refractivity contribution in [2.24, 2.45) is 0 Å². The highest BCUT2D eigenvalue weighted by Gasteiger charge is 2.20. The number of aromatic nitrogens is 2. The minimum absolute atomic E-state index is 0.218. The van der Waals surface area contributed by atoms with Crippen LogP contribution in [0.2, 0.25) is 0 Å². The molecule has 2 N–H and O–H groups in total. The van der Waals surface area contributed by atoms with E-state index in [2.05, 4.69) is 15.3 Å². The lowest BCUT2D eigenvalue weighted by Gasteiger charge is -2.09. The number of amides is 1. The Morgan fingerprint density at radius 2 is 1.71 bits per heavy atom. The molecule has 0 aliphatic carbocycles. The van der Waals surface area contributed by atoms with Gasteiger partial charge in [0.15, 0.2) is 0 Å². The fourth-order valence-electron chi connectivity index (χ4n) is 3.09. The van der Waals surface area contributed by atoms with Gasteiger partial charge in [-0.15, -0.1) is 11.3 Å². The number of carbonyl (C=O) groups is 1. The SMILES string of the molecule is Cc1nc(-c2c(OCc3ccccc3)cc[nH]c2=O)sc1C(=O)NCc1ccccc1. The Hall–Kier alpha value is -3.71. The fourth-order valence-corrected chi connectivity index (χ4v) is 4.12. The lowest BCUT2D eigenvalue weighted by Crippen LogP contribution is -2.22. The maximum absolute atomic E-state index is 12.7. The van der Waals surface area contributed by atoms with Gasteiger partial charge < -0.3 is 15.0 Å². The van der Waals surface area contributed by atoms with Crippen LogP contribution in [0.5, 0.6) is 5.75 Å². The van der Waals surface area contributed by atoms with E-state index in [9.17, 15) is 9.59 Å². The predicted octanol–water partition coefficient (Wildman–Crippen LogP) is 4.32. The second kappa shape index (κ2) is 9.40. The van der Waals surface area contributed by atoms with Crippen LogP contribution in [0.3, 0.4) is 0 Å². The number of hydrogen-bond acceptors (Lipinski definition) is 5. The molecule has 2 aromatic carbocycles. The van der Waals surface area contributed by atoms with Crippen LogP contribution >= 0.6 is 11.3 Å². The van der Waals surface area contributed by atoms with Crippen molar-refractivity contribution in [1.82, 2.24) is 15.3 Å². The van der Waals surface area contributed by atoms with Crippen LogP contribution in [0.15, 0.2) is 77.7 Å². The van der Waals surface area contributed by atoms with Gasteiger partial charge in [-0.1, -0.05) is 60.7 Å². The molecule has 4 rings (SSSR count). The van der Waals surface area contributed by atoms with Gasteiger partial charge in [0.2, 0.25) is 0 Å². The third-order valence-electron chi connectivity index (χ3n) is 4.67. The molecule has 2 aromatic heterocycles. The van der Waals surface area contributed by atoms with Crippen molar-refractivity contribution >= 4 is 17.2 Å². The van der Waals surface area contributed by atoms with Crippen LogP contribution in [0.1, 0.15) is 26.5 Å². The molecular weight excluding hydrogens is 410 g/mol. The molecule has 2 heterocycles. The number of rotatable bonds is 7. The topological polar surface area (TPSA) is 84.1 Å². The van der Waals surface area contributed by atoms with Gasteiger partial charge in [-0.25, -0.2) is 4.98 Å². The highest BCUT2D eigenvalue weighted by atomic mass is 32.1. The van der Waals surface area contributed by atoms with E-state index in [4.69, 9.17) is 4.74 Å². The van der Waals surface area contributed by atoms with Crippen LogP contribution < -0.4 is 15.6 Å². The molecule has 1 amide bonds. The summed E-state index contributed by atoms with van der Waals surface area (Å²) in [5.74, 6) is 0.210. The molecule has 0 saturated carbocycles. The third kappa shape index (κ3) is 4.90. The largest absolute Gasteiger partial charge is 0.488 e. The van der Waals surface area contributed by atoms with E-state index in [0.29, 0.717) is 40.0 Å². The van der Waals surface area contributed by atoms with Gasteiger partial charge in [-0.05, 0) is 24.1 Å². The van der Waals surface area contributed by atoms with Gasteiger partial charge in [0, 0.05) is 12.7 Å². The number of aryl methyl sites for hydroxylation is 1. The van der Waals surface area contributed by atoms with Crippen molar-refractivity contribution in [2.75, 3.05) is 0 Å². The zero-order chi connectivity index (χ0) is 21.6. The molecule has 0 atom stereocenters. The van der Waals surface area contributed by atoms with Gasteiger partial charge in [0.05, 0.1) is 5.69 Å². The Kier molecular flexibility index (Phi) is 6.24. The molecule has 0 unspecified atom stereocenters. The highest BCUT2D eigenvalue weighted by Crippen LogP contribution is 2.32. The zero-order valence-electron chi connectivity index (χ0n) is 16.9. The fraction of sp³-hybridized carbons (Fsp3) is 0.125. The maximum atomic E-state index is 12.7. The minimum atomic E-state index is -0.310. The minimum Gasteiger partial charge on any atom is -0.488 e. The first-order chi connectivity index (χ1) is 15.1. The summed E-state index contributed by atoms with van der Waals surface area (Å²) in [7, 11) is 0. The number of nitrogens with one attached hydrogen (secondary N) is 2. The molecule has 156 valence electrons. The Labute approximate surface area is 183 Å². The predicted molar refractivity (Wildman–Crippen MR) is 121 cm³/mol. The number of ether oxygens (including phenoxy) is 1. The van der Waals surface area contributed by atoms with E-state index in [1.165, 1.54) is 11.3 Å². The van der Waals surface area contributed by atoms with E-state index < -0.39 is 0 Å². The average molecular weight is 432 g/mol. The van der Waals surface area contributed by atoms with Crippen LogP contribution in [-0.4, -0.2) is 15.9 Å². The molecule has 0 aliphatic heterocycles. The number of thiazole rings is 1. The summed E-state index contributed by atoms with van der Waals surface area (Å²) in [5.41, 5.74) is 2.59. The Bertz CT molecular complexity index is 1230. The normalized spacial score (nSPS) is 10.6. The van der Waals surface area contributed by atoms with Gasteiger partial charge in [-0.2, -0.15) is 0 Å². The third-order valence-corrected chi connectivity index (χ3v) is 5.85. The van der Waals surface area contributed by atoms with Crippen molar-refractivity contribution < 1.29 is 9.53 Å². The van der Waals surface area contributed by atoms with Gasteiger partial charge in [0.25, 0.3) is 11.5 Å². The summed E-state index contributed by atoms with van der Waals surface area (Å²) < 4.78 is 5.92. The first-order valence-corrected chi connectivity index (χ1v) is 10.6. The number of benzene rings is 2. The van der Waals surface area contributed by atoms with Gasteiger partial charge in [-0.3, -0.25) is 9.59 Å². The summed E-state index contributed by atoms with van der Waals surface area (Å²) >= 11 is 1.18. The second-order valence-corrected chi connectivity index (χ2v) is 7.92. The van der Waals surface area contributed by atoms with Crippen LogP contribution in [-0.2, 0) is 13.2 Å². The molecule has 0 aliphatic rings. The van der Waals surface area contributed by atoms with Crippen LogP contribution in [0, 0.1) is 6.92 Å². The smallest absolute Gasteiger partial charge is 0.263 e. The first-order valence-electron chi connectivity index (χ1n) is 9.80. The standard InChI is InChI=1S/C24H21N3O3S/c1-16-21(23(29)26-14-17-8-4-2-5-9-17)31-24(27-16)20-19(12-13-25-22(20)28)30-15-18-10-6-3-7-11-18/h2-13H,14-15H2,1H3,(H,25,28)(H,26,29). The molecular formula is C24H21N3O3S. The molecule has 0 saturated heterocycles. The molecule has 7 heteroatoms. The Balaban J connectivity index is 1.56. The first kappa shape index (κ1) is 20.6. The van der Waals surface area contributed by atoms with Crippen molar-refractivity contribution in [3.63, 3.8) is 0 Å². The molecule has 0 spiro atoms. The molecule has 31 heavy (non-hydrogen) atoms. The van der Waals surface area contributed by atoms with E-state index >= 15 is 0 Å². The summed E-state index contributed by atoms with van der Waals surface area (Å²) in [6.45, 7) is 2.51. The lowest BCUT2D eigenvalue weighted by molar-refractivity contribution is 0.0954. The van der Waals surface area contributed by atoms with Crippen LogP contribution in [0.25, 0.3) is 10.6 Å². The number of pyridine rings is 1. The van der Waals surface area contributed by atoms with Crippen molar-refractivity contribution in [1.29, 1.82) is 0 Å². The second-order valence-electron chi connectivity index (χ2n) is 6.92. The number of carbonyl (C=O) groups excluding carboxylic acids is 1. The van der Waals surface area contributed by atoms with E-state index in [0.717, 1.165) is 11.1 Å². The van der Waals surface area contributed by atoms with Crippen LogP contribution in [0.4, 0.5) is 0 Å². The number of H-pyrrole nitrogens is 1. The van der Waals surface area contributed by atoms with Gasteiger partial charge >= 0.3 is 0 Å². The summed E-state index contributed by atoms with van der Waals surface area (Å²) in [5, 5.41) is 3.36. The summed E-state index contributed by atoms with van der Waals surface area (Å²) in [6.07, 6.45) is 1.54. The van der Waals surface area contributed by atoms with Crippen molar-refractivity contribution in [2.45, 2.75) is 20.1 Å². The van der Waals surface area contributed by atoms with E-state index in [-0.39, 0.29) is 11.5 Å². The summed E-state index contributed by atoms with van der Waals surface area (Å²) in [4.78, 5) is 32.9. The molecule has 0 fully saturated rings. The Morgan fingerprint density at radius 3 is 2.42 bits per heavy atom. The van der Waals surface area contributed by atoms with E-state index in [1.807, 2.05) is 60.7 Å². The van der Waals surface area contributed by atoms with Crippen molar-refractivity contribution in [3.05, 3.63) is 105 Å². The number of nitrogens with zero attached hydrogens (tertiary/aromatic N) is 1. The molecule has 4 aromatic rings. The molecule has 0 radical (unpaired) electrons. The number of aromatic amines is 1. The average Bonchev–Trinajstić information content (AvgIpc) is 3.18. The lowest BCUT2D eigenvalue weighted by atomic mass is 10.2. The van der Waals surface area contributed by atoms with E-state index in [1.54, 1.807) is 19.2 Å². The van der Waals surface area contributed by atoms with Crippen molar-refractivity contribution in [3.8, 4) is 16.3 Å². The number of hydrogen-bond donors (Lipinski definition) is 2. The highest BCUT2D eigenvalue weighted by molar-refractivity contribution is 7.17. The maximum Gasteiger partial charge on any atom is 0.263 e. The zero-order valence-corrected chi connectivity index (χ0v) is 17.7. The van der Waals surface area contributed by atoms with Gasteiger partial charge in [0.1, 0.15) is 27.8 Å². The summed E-state index contributed by atoms with van der Waals surface area (Å²) in [6, 6.07) is 21.1. The monoisotopic (exact) mass is 431 g/mol. The Morgan fingerprint density at radius 1 is 1.03 bits per heavy atom. The quantitative estimate of drug-likeness (QED) is 0.457.